The van der Waals surface area contributed by atoms with Crippen LogP contribution in [0.1, 0.15) is 74.0 Å². The second-order valence-corrected chi connectivity index (χ2v) is 23.3. The van der Waals surface area contributed by atoms with Crippen molar-refractivity contribution >= 4 is 36.9 Å². The number of benzene rings is 4. The smallest absolute Gasteiger partial charge is 0.412 e. The summed E-state index contributed by atoms with van der Waals surface area (Å²) in [5.74, 6) is 1.23. The number of para-hydroxylation sites is 3. The van der Waals surface area contributed by atoms with Crippen LogP contribution in [0.15, 0.2) is 108 Å². The van der Waals surface area contributed by atoms with Crippen molar-refractivity contribution in [3.05, 3.63) is 130 Å². The summed E-state index contributed by atoms with van der Waals surface area (Å²) in [7, 11) is -0.403. The molecule has 2 amide bonds. The zero-order valence-corrected chi connectivity index (χ0v) is 37.8. The van der Waals surface area contributed by atoms with Gasteiger partial charge in [-0.3, -0.25) is 19.8 Å². The number of likely N-dealkylation sites (N-methyl/N-ethyl adjacent to an activating group) is 1. The van der Waals surface area contributed by atoms with Gasteiger partial charge in [0, 0.05) is 50.2 Å². The Morgan fingerprint density at radius 1 is 0.935 bits per heavy atom. The predicted molar refractivity (Wildman–Crippen MR) is 247 cm³/mol. The number of H-pyrrole nitrogens is 1. The molecule has 2 fully saturated rings. The Morgan fingerprint density at radius 3 is 2.34 bits per heavy atom. The molecule has 1 aliphatic heterocycles. The minimum Gasteiger partial charge on any atom is -0.506 e. The van der Waals surface area contributed by atoms with Gasteiger partial charge in [0.15, 0.2) is 14.1 Å². The Hall–Kier alpha value is -5.47. The van der Waals surface area contributed by atoms with E-state index in [1.807, 2.05) is 73.8 Å². The molecule has 2 heterocycles. The van der Waals surface area contributed by atoms with E-state index in [4.69, 9.17) is 13.9 Å². The maximum atomic E-state index is 13.5. The number of ether oxygens (including phenoxy) is 2. The number of rotatable bonds is 15. The monoisotopic (exact) mass is 859 g/mol. The zero-order valence-electron chi connectivity index (χ0n) is 36.8. The van der Waals surface area contributed by atoms with Crippen LogP contribution in [-0.2, 0) is 15.7 Å². The molecular formula is C49H61N5O7Si. The standard InChI is InChI=1S/C49H61N5O7Si/c1-48(2,3)62(5,6)61-43(38-20-22-41(55)45-39(38)21-23-44(56)52-45)32-50-26-29-53(4)46(57)35-18-16-34(17-19-35)33-54-27-24-49(25-28-54)30-37(31-49)60-47(58)51-40-14-10-11-15-42(40)59-36-12-8-7-9-13-36/h7-23,37,43,50,55H,24-33H2,1-6H3,(H,51,58)(H,52,56)/t43-/m0/s1. The number of fused-ring (bicyclic) bond motifs is 1. The number of piperidine rings is 1. The fourth-order valence-corrected chi connectivity index (χ4v) is 9.52. The first-order chi connectivity index (χ1) is 29.6. The van der Waals surface area contributed by atoms with Crippen LogP contribution in [0.3, 0.4) is 0 Å². The Balaban J connectivity index is 0.845. The van der Waals surface area contributed by atoms with E-state index in [0.29, 0.717) is 47.9 Å². The van der Waals surface area contributed by atoms with Crippen LogP contribution in [0.2, 0.25) is 18.1 Å². The number of carbonyl (C=O) groups excluding carboxylic acids is 2. The summed E-state index contributed by atoms with van der Waals surface area (Å²) in [5.41, 5.74) is 3.60. The number of hydrogen-bond donors (Lipinski definition) is 4. The maximum Gasteiger partial charge on any atom is 0.412 e. The number of nitrogens with zero attached hydrogens (tertiary/aromatic N) is 2. The molecule has 4 N–H and O–H groups in total. The summed E-state index contributed by atoms with van der Waals surface area (Å²) < 4.78 is 18.7. The number of phenolic OH excluding ortho intramolecular Hbond substituents is 1. The van der Waals surface area contributed by atoms with Gasteiger partial charge in [0.05, 0.1) is 17.3 Å². The highest BCUT2D eigenvalue weighted by molar-refractivity contribution is 6.74. The van der Waals surface area contributed by atoms with Gasteiger partial charge in [-0.05, 0) is 122 Å². The van der Waals surface area contributed by atoms with Crippen LogP contribution in [0, 0.1) is 5.41 Å². The number of anilines is 1. The van der Waals surface area contributed by atoms with Crippen molar-refractivity contribution in [1.82, 2.24) is 20.1 Å². The molecule has 4 aromatic carbocycles. The van der Waals surface area contributed by atoms with Gasteiger partial charge in [-0.15, -0.1) is 0 Å². The number of carbonyl (C=O) groups is 2. The minimum atomic E-state index is -2.22. The molecule has 0 bridgehead atoms. The number of likely N-dealkylation sites (tertiary alicyclic amines) is 1. The molecule has 62 heavy (non-hydrogen) atoms. The molecule has 1 aliphatic carbocycles. The van der Waals surface area contributed by atoms with Gasteiger partial charge in [0.2, 0.25) is 5.56 Å². The molecular weight excluding hydrogens is 799 g/mol. The van der Waals surface area contributed by atoms with Crippen LogP contribution < -0.4 is 20.9 Å². The van der Waals surface area contributed by atoms with Gasteiger partial charge in [0.25, 0.3) is 5.91 Å². The van der Waals surface area contributed by atoms with Crippen LogP contribution in [0.4, 0.5) is 10.5 Å². The van der Waals surface area contributed by atoms with Crippen LogP contribution in [-0.4, -0.2) is 86.1 Å². The van der Waals surface area contributed by atoms with Crippen molar-refractivity contribution in [2.75, 3.05) is 45.1 Å². The van der Waals surface area contributed by atoms with Gasteiger partial charge in [-0.25, -0.2) is 4.79 Å². The fraction of sp³-hybridized carbons (Fsp3) is 0.408. The summed E-state index contributed by atoms with van der Waals surface area (Å²) in [6.07, 6.45) is 2.98. The summed E-state index contributed by atoms with van der Waals surface area (Å²) in [6, 6.07) is 31.4. The van der Waals surface area contributed by atoms with Crippen molar-refractivity contribution in [1.29, 1.82) is 0 Å². The Morgan fingerprint density at radius 2 is 1.63 bits per heavy atom. The first-order valence-electron chi connectivity index (χ1n) is 21.7. The fourth-order valence-electron chi connectivity index (χ4n) is 8.25. The van der Waals surface area contributed by atoms with Crippen molar-refractivity contribution in [2.45, 2.75) is 83.3 Å². The highest BCUT2D eigenvalue weighted by Gasteiger charge is 2.47. The first kappa shape index (κ1) is 44.6. The number of pyridine rings is 1. The number of hydrogen-bond acceptors (Lipinski definition) is 9. The van der Waals surface area contributed by atoms with Crippen molar-refractivity contribution in [2.24, 2.45) is 5.41 Å². The summed E-state index contributed by atoms with van der Waals surface area (Å²) in [4.78, 5) is 45.4. The van der Waals surface area contributed by atoms with E-state index in [1.165, 1.54) is 11.6 Å². The van der Waals surface area contributed by atoms with E-state index in [-0.39, 0.29) is 39.9 Å². The Kier molecular flexibility index (Phi) is 13.6. The van der Waals surface area contributed by atoms with Gasteiger partial charge in [0.1, 0.15) is 17.6 Å². The quantitative estimate of drug-likeness (QED) is 0.0598. The highest BCUT2D eigenvalue weighted by atomic mass is 28.4. The van der Waals surface area contributed by atoms with E-state index in [1.54, 1.807) is 23.1 Å². The van der Waals surface area contributed by atoms with Gasteiger partial charge >= 0.3 is 6.09 Å². The van der Waals surface area contributed by atoms with Gasteiger partial charge in [-0.1, -0.05) is 69.3 Å². The SMILES string of the molecule is CN(CCNC[C@H](O[Si](C)(C)C(C)(C)C)c1ccc(O)c2[nH]c(=O)ccc12)C(=O)c1ccc(CN2CCC3(CC2)CC(OC(=O)Nc2ccccc2Oc2ccccc2)C3)cc1. The zero-order chi connectivity index (χ0) is 44.1. The molecule has 13 heteroatoms. The molecule has 0 radical (unpaired) electrons. The second-order valence-electron chi connectivity index (χ2n) is 18.5. The molecule has 1 saturated heterocycles. The molecule has 1 atom stereocenters. The number of aromatic amines is 1. The molecule has 0 unspecified atom stereocenters. The van der Waals surface area contributed by atoms with E-state index < -0.39 is 14.4 Å². The molecule has 1 aromatic heterocycles. The van der Waals surface area contributed by atoms with Crippen LogP contribution in [0.25, 0.3) is 10.9 Å². The number of amides is 2. The van der Waals surface area contributed by atoms with Crippen molar-refractivity contribution in [3.63, 3.8) is 0 Å². The largest absolute Gasteiger partial charge is 0.506 e. The van der Waals surface area contributed by atoms with Crippen molar-refractivity contribution < 1.29 is 28.6 Å². The number of phenols is 1. The number of aromatic hydroxyl groups is 1. The molecule has 328 valence electrons. The van der Waals surface area contributed by atoms with Crippen molar-refractivity contribution in [3.8, 4) is 17.2 Å². The summed E-state index contributed by atoms with van der Waals surface area (Å²) >= 11 is 0. The topological polar surface area (TPSA) is 145 Å². The maximum absolute atomic E-state index is 13.5. The average molecular weight is 860 g/mol. The Bertz CT molecular complexity index is 2380. The van der Waals surface area contributed by atoms with E-state index >= 15 is 0 Å². The van der Waals surface area contributed by atoms with E-state index in [0.717, 1.165) is 56.3 Å². The second kappa shape index (κ2) is 18.9. The summed E-state index contributed by atoms with van der Waals surface area (Å²) in [6.45, 7) is 15.3. The van der Waals surface area contributed by atoms with Gasteiger partial charge in [-0.2, -0.15) is 0 Å². The van der Waals surface area contributed by atoms with Crippen LogP contribution in [0.5, 0.6) is 17.2 Å². The third-order valence-corrected chi connectivity index (χ3v) is 17.5. The lowest BCUT2D eigenvalue weighted by atomic mass is 9.61. The molecule has 12 nitrogen and oxygen atoms in total. The number of nitrogens with one attached hydrogen (secondary N) is 3. The normalized spacial score (nSPS) is 16.1. The Labute approximate surface area is 365 Å². The third kappa shape index (κ3) is 10.8. The minimum absolute atomic E-state index is 0.0155. The van der Waals surface area contributed by atoms with E-state index in [9.17, 15) is 19.5 Å². The van der Waals surface area contributed by atoms with E-state index in [2.05, 4.69) is 66.5 Å². The molecule has 2 aliphatic rings. The molecule has 1 saturated carbocycles. The lowest BCUT2D eigenvalue weighted by Gasteiger charge is -2.51. The number of aromatic nitrogens is 1. The molecule has 5 aromatic rings. The van der Waals surface area contributed by atoms with Crippen LogP contribution >= 0.6 is 0 Å². The lowest BCUT2D eigenvalue weighted by Crippen LogP contribution is -2.50. The van der Waals surface area contributed by atoms with Gasteiger partial charge < -0.3 is 34.2 Å². The molecule has 1 spiro atoms. The third-order valence-electron chi connectivity index (χ3n) is 13.0. The first-order valence-corrected chi connectivity index (χ1v) is 24.6. The highest BCUT2D eigenvalue weighted by Crippen LogP contribution is 2.50. The average Bonchev–Trinajstić information content (AvgIpc) is 3.23. The predicted octanol–water partition coefficient (Wildman–Crippen LogP) is 9.44. The summed E-state index contributed by atoms with van der Waals surface area (Å²) in [5, 5.41) is 17.6. The molecule has 7 rings (SSSR count). The lowest BCUT2D eigenvalue weighted by molar-refractivity contribution is -0.0714.